The molecule has 0 spiro atoms. The number of carbonyl (C=O) groups is 2. The zero-order chi connectivity index (χ0) is 17.1. The molecule has 1 atom stereocenters. The quantitative estimate of drug-likeness (QED) is 0.939. The molecule has 2 heterocycles. The van der Waals surface area contributed by atoms with E-state index in [1.54, 1.807) is 35.2 Å². The summed E-state index contributed by atoms with van der Waals surface area (Å²) in [4.78, 5) is 29.4. The number of primary amides is 1. The summed E-state index contributed by atoms with van der Waals surface area (Å²) in [5.41, 5.74) is 6.84. The summed E-state index contributed by atoms with van der Waals surface area (Å²) in [6.07, 6.45) is 4.11. The highest BCUT2D eigenvalue weighted by Crippen LogP contribution is 2.24. The Kier molecular flexibility index (Phi) is 4.55. The van der Waals surface area contributed by atoms with Gasteiger partial charge in [-0.15, -0.1) is 0 Å². The smallest absolute Gasteiger partial charge is 0.253 e. The van der Waals surface area contributed by atoms with E-state index in [1.165, 1.54) is 6.20 Å². The Labute approximate surface area is 139 Å². The molecule has 6 heteroatoms. The summed E-state index contributed by atoms with van der Waals surface area (Å²) in [6.45, 7) is 0.929. The summed E-state index contributed by atoms with van der Waals surface area (Å²) in [5.74, 6) is -1.28. The van der Waals surface area contributed by atoms with E-state index in [0.717, 1.165) is 12.6 Å². The molecule has 1 aromatic carbocycles. The van der Waals surface area contributed by atoms with Gasteiger partial charge in [0.15, 0.2) is 0 Å². The van der Waals surface area contributed by atoms with E-state index in [1.807, 2.05) is 0 Å². The number of hydrogen-bond donors (Lipinski definition) is 1. The number of rotatable bonds is 3. The molecular formula is C18H18FN3O2. The van der Waals surface area contributed by atoms with Crippen molar-refractivity contribution in [2.75, 3.05) is 13.1 Å². The molecular weight excluding hydrogens is 309 g/mol. The minimum absolute atomic E-state index is 0.169. The van der Waals surface area contributed by atoms with Gasteiger partial charge in [0, 0.05) is 30.4 Å². The van der Waals surface area contributed by atoms with Crippen molar-refractivity contribution in [2.24, 2.45) is 11.7 Å². The number of piperidine rings is 1. The van der Waals surface area contributed by atoms with E-state index >= 15 is 0 Å². The number of aromatic nitrogens is 1. The molecule has 2 N–H and O–H groups in total. The molecule has 0 radical (unpaired) electrons. The summed E-state index contributed by atoms with van der Waals surface area (Å²) >= 11 is 0. The van der Waals surface area contributed by atoms with Gasteiger partial charge in [-0.1, -0.05) is 12.1 Å². The third-order valence-electron chi connectivity index (χ3n) is 4.30. The number of hydrogen-bond acceptors (Lipinski definition) is 3. The number of nitrogens with zero attached hydrogens (tertiary/aromatic N) is 2. The summed E-state index contributed by atoms with van der Waals surface area (Å²) in [6, 6.07) is 8.39. The van der Waals surface area contributed by atoms with E-state index in [4.69, 9.17) is 5.73 Å². The molecule has 1 saturated heterocycles. The average Bonchev–Trinajstić information content (AvgIpc) is 2.61. The van der Waals surface area contributed by atoms with Crippen molar-refractivity contribution >= 4 is 11.8 Å². The Hall–Kier alpha value is -2.76. The second kappa shape index (κ2) is 6.78. The van der Waals surface area contributed by atoms with Gasteiger partial charge in [-0.05, 0) is 36.6 Å². The summed E-state index contributed by atoms with van der Waals surface area (Å²) in [7, 11) is 0. The van der Waals surface area contributed by atoms with E-state index in [-0.39, 0.29) is 17.7 Å². The number of pyridine rings is 1. The average molecular weight is 327 g/mol. The predicted molar refractivity (Wildman–Crippen MR) is 87.5 cm³/mol. The number of benzene rings is 1. The Morgan fingerprint density at radius 2 is 2.12 bits per heavy atom. The van der Waals surface area contributed by atoms with Crippen LogP contribution in [0.25, 0.3) is 11.1 Å². The minimum Gasteiger partial charge on any atom is -0.369 e. The lowest BCUT2D eigenvalue weighted by Gasteiger charge is -2.31. The van der Waals surface area contributed by atoms with Crippen molar-refractivity contribution in [3.05, 3.63) is 54.1 Å². The standard InChI is InChI=1S/C18H18FN3O2/c19-16-10-21-7-6-15(16)12-3-1-4-13(9-12)18(24)22-8-2-5-14(11-22)17(20)23/h1,3-4,6-7,9-10,14H,2,5,8,11H2,(H2,20,23)/t14-/m0/s1. The largest absolute Gasteiger partial charge is 0.369 e. The first-order chi connectivity index (χ1) is 11.6. The van der Waals surface area contributed by atoms with E-state index in [0.29, 0.717) is 36.2 Å². The highest BCUT2D eigenvalue weighted by atomic mass is 19.1. The highest BCUT2D eigenvalue weighted by Gasteiger charge is 2.27. The molecule has 0 aliphatic carbocycles. The Bertz CT molecular complexity index is 778. The Morgan fingerprint density at radius 1 is 1.29 bits per heavy atom. The van der Waals surface area contributed by atoms with Crippen LogP contribution in [-0.2, 0) is 4.79 Å². The summed E-state index contributed by atoms with van der Waals surface area (Å²) < 4.78 is 13.9. The second-order valence-corrected chi connectivity index (χ2v) is 5.93. The molecule has 24 heavy (non-hydrogen) atoms. The lowest BCUT2D eigenvalue weighted by atomic mass is 9.96. The van der Waals surface area contributed by atoms with Crippen LogP contribution in [-0.4, -0.2) is 34.8 Å². The highest BCUT2D eigenvalue weighted by molar-refractivity contribution is 5.96. The second-order valence-electron chi connectivity index (χ2n) is 5.93. The number of halogens is 1. The normalized spacial score (nSPS) is 17.5. The number of carbonyl (C=O) groups excluding carboxylic acids is 2. The van der Waals surface area contributed by atoms with Gasteiger partial charge in [0.2, 0.25) is 5.91 Å². The van der Waals surface area contributed by atoms with Crippen molar-refractivity contribution < 1.29 is 14.0 Å². The van der Waals surface area contributed by atoms with E-state index in [9.17, 15) is 14.0 Å². The molecule has 3 rings (SSSR count). The third kappa shape index (κ3) is 3.27. The van der Waals surface area contributed by atoms with Gasteiger partial charge in [0.05, 0.1) is 12.1 Å². The molecule has 0 unspecified atom stereocenters. The molecule has 2 aromatic rings. The van der Waals surface area contributed by atoms with E-state index < -0.39 is 5.82 Å². The molecule has 1 aromatic heterocycles. The van der Waals surface area contributed by atoms with Gasteiger partial charge in [0.25, 0.3) is 5.91 Å². The van der Waals surface area contributed by atoms with Crippen LogP contribution in [0.1, 0.15) is 23.2 Å². The fourth-order valence-corrected chi connectivity index (χ4v) is 3.01. The summed E-state index contributed by atoms with van der Waals surface area (Å²) in [5, 5.41) is 0. The van der Waals surface area contributed by atoms with E-state index in [2.05, 4.69) is 4.98 Å². The van der Waals surface area contributed by atoms with Gasteiger partial charge in [-0.3, -0.25) is 14.6 Å². The van der Waals surface area contributed by atoms with Gasteiger partial charge < -0.3 is 10.6 Å². The van der Waals surface area contributed by atoms with Crippen molar-refractivity contribution in [2.45, 2.75) is 12.8 Å². The first-order valence-electron chi connectivity index (χ1n) is 7.85. The molecule has 5 nitrogen and oxygen atoms in total. The maximum absolute atomic E-state index is 13.9. The molecule has 2 amide bonds. The van der Waals surface area contributed by atoms with Crippen LogP contribution in [0.2, 0.25) is 0 Å². The zero-order valence-electron chi connectivity index (χ0n) is 13.1. The van der Waals surface area contributed by atoms with Crippen molar-refractivity contribution in [1.29, 1.82) is 0 Å². The predicted octanol–water partition coefficient (Wildman–Crippen LogP) is 2.23. The number of likely N-dealkylation sites (tertiary alicyclic amines) is 1. The van der Waals surface area contributed by atoms with Gasteiger partial charge >= 0.3 is 0 Å². The molecule has 124 valence electrons. The van der Waals surface area contributed by atoms with Crippen LogP contribution in [0, 0.1) is 11.7 Å². The minimum atomic E-state index is -0.436. The Morgan fingerprint density at radius 3 is 2.88 bits per heavy atom. The molecule has 0 bridgehead atoms. The van der Waals surface area contributed by atoms with Crippen molar-refractivity contribution in [1.82, 2.24) is 9.88 Å². The van der Waals surface area contributed by atoms with Gasteiger partial charge in [-0.25, -0.2) is 4.39 Å². The van der Waals surface area contributed by atoms with Crippen LogP contribution < -0.4 is 5.73 Å². The molecule has 1 aliphatic rings. The maximum atomic E-state index is 13.9. The Balaban J connectivity index is 1.85. The van der Waals surface area contributed by atoms with Gasteiger partial charge in [0.1, 0.15) is 5.82 Å². The number of amides is 2. The van der Waals surface area contributed by atoms with Crippen LogP contribution in [0.4, 0.5) is 4.39 Å². The third-order valence-corrected chi connectivity index (χ3v) is 4.30. The maximum Gasteiger partial charge on any atom is 0.253 e. The number of nitrogens with two attached hydrogens (primary N) is 1. The fourth-order valence-electron chi connectivity index (χ4n) is 3.01. The van der Waals surface area contributed by atoms with Crippen LogP contribution in [0.3, 0.4) is 0 Å². The molecule has 1 fully saturated rings. The lowest BCUT2D eigenvalue weighted by Crippen LogP contribution is -2.44. The first-order valence-corrected chi connectivity index (χ1v) is 7.85. The SMILES string of the molecule is NC(=O)[C@H]1CCCN(C(=O)c2cccc(-c3ccncc3F)c2)C1. The topological polar surface area (TPSA) is 76.3 Å². The van der Waals surface area contributed by atoms with Crippen molar-refractivity contribution in [3.63, 3.8) is 0 Å². The van der Waals surface area contributed by atoms with Crippen LogP contribution >= 0.6 is 0 Å². The first kappa shape index (κ1) is 16.1. The fraction of sp³-hybridized carbons (Fsp3) is 0.278. The monoisotopic (exact) mass is 327 g/mol. The van der Waals surface area contributed by atoms with Gasteiger partial charge in [-0.2, -0.15) is 0 Å². The molecule has 0 saturated carbocycles. The van der Waals surface area contributed by atoms with Crippen LogP contribution in [0.15, 0.2) is 42.7 Å². The molecule has 1 aliphatic heterocycles. The van der Waals surface area contributed by atoms with Crippen LogP contribution in [0.5, 0.6) is 0 Å². The zero-order valence-corrected chi connectivity index (χ0v) is 13.1. The lowest BCUT2D eigenvalue weighted by molar-refractivity contribution is -0.123. The van der Waals surface area contributed by atoms with Crippen molar-refractivity contribution in [3.8, 4) is 11.1 Å².